The van der Waals surface area contributed by atoms with Gasteiger partial charge in [0.2, 0.25) is 0 Å². The number of hydrogen-bond donors (Lipinski definition) is 1. The monoisotopic (exact) mass is 366 g/mol. The van der Waals surface area contributed by atoms with Crippen LogP contribution in [0.3, 0.4) is 0 Å². The number of aromatic nitrogens is 1. The molecule has 2 aromatic rings. The standard InChI is InChI=1S/C13H8BrF5N2/c14-10-6(1-2-9(15)11(10)16)12(20)7-5-21-4-3-8(7)13(17,18)19/h1-5,12H,20H2. The number of nitrogens with two attached hydrogens (primary N) is 1. The molecule has 1 aromatic heterocycles. The van der Waals surface area contributed by atoms with Crippen molar-refractivity contribution in [3.05, 3.63) is 63.4 Å². The van der Waals surface area contributed by atoms with Crippen LogP contribution in [0, 0.1) is 11.6 Å². The second kappa shape index (κ2) is 5.69. The summed E-state index contributed by atoms with van der Waals surface area (Å²) in [5.74, 6) is -2.33. The van der Waals surface area contributed by atoms with E-state index in [-0.39, 0.29) is 15.6 Å². The Hall–Kier alpha value is -1.54. The molecule has 1 aromatic carbocycles. The third-order valence-electron chi connectivity index (χ3n) is 2.89. The van der Waals surface area contributed by atoms with Gasteiger partial charge in [-0.3, -0.25) is 4.98 Å². The highest BCUT2D eigenvalue weighted by Crippen LogP contribution is 2.37. The number of benzene rings is 1. The van der Waals surface area contributed by atoms with Gasteiger partial charge in [0.05, 0.1) is 16.1 Å². The van der Waals surface area contributed by atoms with Crippen molar-refractivity contribution in [2.75, 3.05) is 0 Å². The zero-order chi connectivity index (χ0) is 15.8. The Morgan fingerprint density at radius 2 is 1.76 bits per heavy atom. The zero-order valence-electron chi connectivity index (χ0n) is 10.3. The highest BCUT2D eigenvalue weighted by atomic mass is 79.9. The molecule has 0 aliphatic rings. The summed E-state index contributed by atoms with van der Waals surface area (Å²) in [5.41, 5.74) is 4.47. The maximum atomic E-state index is 13.5. The summed E-state index contributed by atoms with van der Waals surface area (Å²) in [6, 6.07) is 1.40. The second-order valence-electron chi connectivity index (χ2n) is 4.20. The average molecular weight is 367 g/mol. The molecule has 8 heteroatoms. The van der Waals surface area contributed by atoms with Crippen LogP contribution in [0.1, 0.15) is 22.7 Å². The Morgan fingerprint density at radius 3 is 2.38 bits per heavy atom. The number of nitrogens with zero attached hydrogens (tertiary/aromatic N) is 1. The number of hydrogen-bond acceptors (Lipinski definition) is 2. The van der Waals surface area contributed by atoms with Crippen LogP contribution in [-0.4, -0.2) is 4.98 Å². The van der Waals surface area contributed by atoms with E-state index in [0.717, 1.165) is 30.6 Å². The van der Waals surface area contributed by atoms with Crippen molar-refractivity contribution in [1.29, 1.82) is 0 Å². The molecule has 2 rings (SSSR count). The predicted molar refractivity (Wildman–Crippen MR) is 69.3 cm³/mol. The predicted octanol–water partition coefficient (Wildman–Crippen LogP) is 4.19. The molecule has 0 aliphatic heterocycles. The summed E-state index contributed by atoms with van der Waals surface area (Å²) < 4.78 is 65.0. The minimum absolute atomic E-state index is 0.00704. The fraction of sp³-hybridized carbons (Fsp3) is 0.154. The van der Waals surface area contributed by atoms with Crippen LogP contribution in [0.2, 0.25) is 0 Å². The number of rotatable bonds is 2. The first-order valence-electron chi connectivity index (χ1n) is 5.63. The van der Waals surface area contributed by atoms with Crippen LogP contribution in [0.5, 0.6) is 0 Å². The highest BCUT2D eigenvalue weighted by Gasteiger charge is 2.35. The van der Waals surface area contributed by atoms with Gasteiger partial charge in [-0.1, -0.05) is 6.07 Å². The zero-order valence-corrected chi connectivity index (χ0v) is 11.8. The van der Waals surface area contributed by atoms with Crippen LogP contribution < -0.4 is 5.73 Å². The van der Waals surface area contributed by atoms with E-state index in [4.69, 9.17) is 5.73 Å². The van der Waals surface area contributed by atoms with Gasteiger partial charge >= 0.3 is 6.18 Å². The fourth-order valence-electron chi connectivity index (χ4n) is 1.86. The summed E-state index contributed by atoms with van der Waals surface area (Å²) in [5, 5.41) is 0. The van der Waals surface area contributed by atoms with E-state index in [0.29, 0.717) is 0 Å². The van der Waals surface area contributed by atoms with Gasteiger partial charge < -0.3 is 5.73 Å². The first kappa shape index (κ1) is 15.8. The largest absolute Gasteiger partial charge is 0.416 e. The Bertz CT molecular complexity index is 672. The third kappa shape index (κ3) is 3.06. The summed E-state index contributed by atoms with van der Waals surface area (Å²) in [4.78, 5) is 3.61. The molecule has 21 heavy (non-hydrogen) atoms. The lowest BCUT2D eigenvalue weighted by Crippen LogP contribution is -2.19. The maximum absolute atomic E-state index is 13.5. The molecule has 0 aliphatic carbocycles. The lowest BCUT2D eigenvalue weighted by atomic mass is 9.96. The van der Waals surface area contributed by atoms with Crippen molar-refractivity contribution < 1.29 is 22.0 Å². The van der Waals surface area contributed by atoms with Crippen molar-refractivity contribution >= 4 is 15.9 Å². The van der Waals surface area contributed by atoms with E-state index >= 15 is 0 Å². The average Bonchev–Trinajstić information content (AvgIpc) is 2.43. The molecular formula is C13H8BrF5N2. The quantitative estimate of drug-likeness (QED) is 0.639. The van der Waals surface area contributed by atoms with E-state index < -0.39 is 29.4 Å². The molecule has 2 N–H and O–H groups in total. The first-order valence-corrected chi connectivity index (χ1v) is 6.43. The number of pyridine rings is 1. The molecule has 0 radical (unpaired) electrons. The van der Waals surface area contributed by atoms with Crippen LogP contribution in [0.15, 0.2) is 35.1 Å². The van der Waals surface area contributed by atoms with Gasteiger partial charge in [-0.25, -0.2) is 8.78 Å². The van der Waals surface area contributed by atoms with Crippen molar-refractivity contribution in [3.8, 4) is 0 Å². The van der Waals surface area contributed by atoms with Gasteiger partial charge in [0.1, 0.15) is 0 Å². The lowest BCUT2D eigenvalue weighted by molar-refractivity contribution is -0.138. The van der Waals surface area contributed by atoms with E-state index in [1.54, 1.807) is 0 Å². The molecule has 0 spiro atoms. The van der Waals surface area contributed by atoms with E-state index in [1.807, 2.05) is 0 Å². The van der Waals surface area contributed by atoms with Gasteiger partial charge in [0, 0.05) is 18.0 Å². The van der Waals surface area contributed by atoms with Crippen LogP contribution in [0.4, 0.5) is 22.0 Å². The molecule has 0 saturated carbocycles. The van der Waals surface area contributed by atoms with Crippen LogP contribution >= 0.6 is 15.9 Å². The molecule has 1 atom stereocenters. The molecule has 0 fully saturated rings. The van der Waals surface area contributed by atoms with Gasteiger partial charge in [-0.2, -0.15) is 13.2 Å². The molecule has 1 heterocycles. The Kier molecular flexibility index (Phi) is 4.29. The summed E-state index contributed by atoms with van der Waals surface area (Å²) in [7, 11) is 0. The molecule has 0 bridgehead atoms. The van der Waals surface area contributed by atoms with Crippen LogP contribution in [-0.2, 0) is 6.18 Å². The summed E-state index contributed by atoms with van der Waals surface area (Å²) in [6.07, 6.45) is -2.68. The lowest BCUT2D eigenvalue weighted by Gasteiger charge is -2.19. The van der Waals surface area contributed by atoms with Crippen molar-refractivity contribution in [2.24, 2.45) is 5.73 Å². The topological polar surface area (TPSA) is 38.9 Å². The second-order valence-corrected chi connectivity index (χ2v) is 5.00. The first-order chi connectivity index (χ1) is 9.73. The molecular weight excluding hydrogens is 359 g/mol. The smallest absolute Gasteiger partial charge is 0.320 e. The summed E-state index contributed by atoms with van der Waals surface area (Å²) in [6.45, 7) is 0. The molecule has 1 unspecified atom stereocenters. The van der Waals surface area contributed by atoms with Gasteiger partial charge in [-0.15, -0.1) is 0 Å². The SMILES string of the molecule is NC(c1cnccc1C(F)(F)F)c1ccc(F)c(F)c1Br. The Labute approximate surface area is 124 Å². The third-order valence-corrected chi connectivity index (χ3v) is 3.70. The van der Waals surface area contributed by atoms with Crippen molar-refractivity contribution in [2.45, 2.75) is 12.2 Å². The number of halogens is 6. The Morgan fingerprint density at radius 1 is 1.10 bits per heavy atom. The van der Waals surface area contributed by atoms with Crippen molar-refractivity contribution in [1.82, 2.24) is 4.98 Å². The Balaban J connectivity index is 2.56. The van der Waals surface area contributed by atoms with E-state index in [9.17, 15) is 22.0 Å². The van der Waals surface area contributed by atoms with Crippen molar-refractivity contribution in [3.63, 3.8) is 0 Å². The molecule has 112 valence electrons. The van der Waals surface area contributed by atoms with Gasteiger partial charge in [0.25, 0.3) is 0 Å². The van der Waals surface area contributed by atoms with Crippen LogP contribution in [0.25, 0.3) is 0 Å². The summed E-state index contributed by atoms with van der Waals surface area (Å²) >= 11 is 2.81. The normalized spacial score (nSPS) is 13.3. The molecule has 0 saturated heterocycles. The fourth-order valence-corrected chi connectivity index (χ4v) is 2.43. The maximum Gasteiger partial charge on any atom is 0.416 e. The molecule has 2 nitrogen and oxygen atoms in total. The minimum atomic E-state index is -4.62. The van der Waals surface area contributed by atoms with Gasteiger partial charge in [0.15, 0.2) is 11.6 Å². The van der Waals surface area contributed by atoms with E-state index in [1.165, 1.54) is 0 Å². The number of alkyl halides is 3. The minimum Gasteiger partial charge on any atom is -0.320 e. The van der Waals surface area contributed by atoms with Gasteiger partial charge in [-0.05, 0) is 33.6 Å². The highest BCUT2D eigenvalue weighted by molar-refractivity contribution is 9.10. The molecule has 0 amide bonds. The van der Waals surface area contributed by atoms with E-state index in [2.05, 4.69) is 20.9 Å².